The number of nitrogen functional groups attached to an aromatic ring is 1. The second kappa shape index (κ2) is 5.99. The molecular formula is C16H21N3O2. The molecule has 112 valence electrons. The van der Waals surface area contributed by atoms with E-state index in [4.69, 9.17) is 5.73 Å². The smallest absolute Gasteiger partial charge is 0.256 e. The molecule has 1 heterocycles. The molecule has 0 bridgehead atoms. The van der Waals surface area contributed by atoms with Gasteiger partial charge in [-0.05, 0) is 25.0 Å². The lowest BCUT2D eigenvalue weighted by molar-refractivity contribution is 0.0947. The first-order valence-electron chi connectivity index (χ1n) is 7.15. The Balaban J connectivity index is 2.60. The number of aromatic nitrogens is 1. The molecule has 2 aromatic rings. The number of nitrogens with zero attached hydrogens (tertiary/aromatic N) is 1. The highest BCUT2D eigenvalue weighted by atomic mass is 16.2. The van der Waals surface area contributed by atoms with Crippen molar-refractivity contribution in [2.24, 2.45) is 5.92 Å². The number of carbonyl (C=O) groups is 1. The molecule has 0 aliphatic rings. The van der Waals surface area contributed by atoms with Crippen LogP contribution in [-0.4, -0.2) is 17.0 Å². The maximum atomic E-state index is 12.5. The Kier molecular flexibility index (Phi) is 4.31. The molecule has 0 spiro atoms. The number of hydrogen-bond donors (Lipinski definition) is 2. The Morgan fingerprint density at radius 2 is 2.10 bits per heavy atom. The highest BCUT2D eigenvalue weighted by Gasteiger charge is 2.16. The SMILES string of the molecule is CCn1cc(C(=O)NCC(C)C)c(=O)c2c(N)cccc21. The van der Waals surface area contributed by atoms with E-state index in [9.17, 15) is 9.59 Å². The molecule has 0 aliphatic heterocycles. The van der Waals surface area contributed by atoms with Crippen LogP contribution in [-0.2, 0) is 6.54 Å². The average Bonchev–Trinajstić information content (AvgIpc) is 2.45. The molecule has 1 aromatic carbocycles. The number of carbonyl (C=O) groups excluding carboxylic acids is 1. The van der Waals surface area contributed by atoms with Crippen molar-refractivity contribution in [2.75, 3.05) is 12.3 Å². The highest BCUT2D eigenvalue weighted by molar-refractivity contribution is 6.00. The number of aryl methyl sites for hydroxylation is 1. The number of nitrogens with two attached hydrogens (primary N) is 1. The Morgan fingerprint density at radius 3 is 2.71 bits per heavy atom. The van der Waals surface area contributed by atoms with Crippen molar-refractivity contribution in [1.29, 1.82) is 0 Å². The summed E-state index contributed by atoms with van der Waals surface area (Å²) in [6.45, 7) is 7.16. The van der Waals surface area contributed by atoms with Gasteiger partial charge in [0, 0.05) is 25.0 Å². The third kappa shape index (κ3) is 2.91. The van der Waals surface area contributed by atoms with Gasteiger partial charge < -0.3 is 15.6 Å². The molecule has 0 radical (unpaired) electrons. The normalized spacial score (nSPS) is 11.0. The zero-order valence-corrected chi connectivity index (χ0v) is 12.6. The van der Waals surface area contributed by atoms with E-state index >= 15 is 0 Å². The summed E-state index contributed by atoms with van der Waals surface area (Å²) >= 11 is 0. The van der Waals surface area contributed by atoms with Gasteiger partial charge in [0.05, 0.1) is 10.9 Å². The van der Waals surface area contributed by atoms with Crippen LogP contribution < -0.4 is 16.5 Å². The van der Waals surface area contributed by atoms with Gasteiger partial charge in [0.1, 0.15) is 5.56 Å². The number of amides is 1. The Labute approximate surface area is 123 Å². The second-order valence-electron chi connectivity index (χ2n) is 5.50. The van der Waals surface area contributed by atoms with E-state index in [2.05, 4.69) is 5.32 Å². The number of hydrogen-bond acceptors (Lipinski definition) is 3. The van der Waals surface area contributed by atoms with Crippen molar-refractivity contribution >= 4 is 22.5 Å². The molecule has 0 aliphatic carbocycles. The molecule has 3 N–H and O–H groups in total. The number of anilines is 1. The number of pyridine rings is 1. The summed E-state index contributed by atoms with van der Waals surface area (Å²) in [5.41, 5.74) is 6.91. The molecule has 5 heteroatoms. The van der Waals surface area contributed by atoms with Crippen molar-refractivity contribution in [3.05, 3.63) is 40.2 Å². The van der Waals surface area contributed by atoms with Crippen LogP contribution in [0, 0.1) is 5.92 Å². The molecule has 1 amide bonds. The van der Waals surface area contributed by atoms with Gasteiger partial charge in [-0.1, -0.05) is 19.9 Å². The standard InChI is InChI=1S/C16H21N3O2/c1-4-19-9-11(16(21)18-8-10(2)3)15(20)14-12(17)6-5-7-13(14)19/h5-7,9-10H,4,8,17H2,1-3H3,(H,18,21). The van der Waals surface area contributed by atoms with Crippen LogP contribution in [0.4, 0.5) is 5.69 Å². The molecule has 1 aromatic heterocycles. The fourth-order valence-electron chi connectivity index (χ4n) is 2.28. The first-order valence-corrected chi connectivity index (χ1v) is 7.15. The molecule has 0 unspecified atom stereocenters. The van der Waals surface area contributed by atoms with Crippen LogP contribution in [0.5, 0.6) is 0 Å². The molecule has 2 rings (SSSR count). The van der Waals surface area contributed by atoms with Crippen LogP contribution >= 0.6 is 0 Å². The topological polar surface area (TPSA) is 77.1 Å². The minimum Gasteiger partial charge on any atom is -0.398 e. The summed E-state index contributed by atoms with van der Waals surface area (Å²) in [7, 11) is 0. The van der Waals surface area contributed by atoms with E-state index < -0.39 is 0 Å². The van der Waals surface area contributed by atoms with Crippen molar-refractivity contribution in [3.8, 4) is 0 Å². The van der Waals surface area contributed by atoms with E-state index in [0.29, 0.717) is 30.1 Å². The fraction of sp³-hybridized carbons (Fsp3) is 0.375. The van der Waals surface area contributed by atoms with Crippen LogP contribution in [0.2, 0.25) is 0 Å². The van der Waals surface area contributed by atoms with Crippen molar-refractivity contribution in [1.82, 2.24) is 9.88 Å². The van der Waals surface area contributed by atoms with Gasteiger partial charge in [0.15, 0.2) is 0 Å². The first-order chi connectivity index (χ1) is 9.95. The van der Waals surface area contributed by atoms with E-state index in [1.165, 1.54) is 0 Å². The third-order valence-corrected chi connectivity index (χ3v) is 3.40. The Bertz CT molecular complexity index is 732. The number of nitrogens with one attached hydrogen (secondary N) is 1. The first kappa shape index (κ1) is 15.1. The summed E-state index contributed by atoms with van der Waals surface area (Å²) < 4.78 is 1.87. The summed E-state index contributed by atoms with van der Waals surface area (Å²) in [6.07, 6.45) is 1.61. The monoisotopic (exact) mass is 287 g/mol. The summed E-state index contributed by atoms with van der Waals surface area (Å²) in [5, 5.41) is 3.20. The molecule has 0 saturated carbocycles. The fourth-order valence-corrected chi connectivity index (χ4v) is 2.28. The van der Waals surface area contributed by atoms with Crippen LogP contribution in [0.3, 0.4) is 0 Å². The Morgan fingerprint density at radius 1 is 1.38 bits per heavy atom. The molecule has 0 atom stereocenters. The van der Waals surface area contributed by atoms with Gasteiger partial charge in [0.25, 0.3) is 5.91 Å². The van der Waals surface area contributed by atoms with Gasteiger partial charge in [0.2, 0.25) is 5.43 Å². The second-order valence-corrected chi connectivity index (χ2v) is 5.50. The summed E-state index contributed by atoms with van der Waals surface area (Å²) in [4.78, 5) is 24.8. The van der Waals surface area contributed by atoms with Gasteiger partial charge in [-0.3, -0.25) is 9.59 Å². The lowest BCUT2D eigenvalue weighted by atomic mass is 10.1. The number of benzene rings is 1. The maximum absolute atomic E-state index is 12.5. The predicted octanol–water partition coefficient (Wildman–Crippen LogP) is 1.99. The van der Waals surface area contributed by atoms with E-state index in [0.717, 1.165) is 5.52 Å². The van der Waals surface area contributed by atoms with Gasteiger partial charge in [-0.25, -0.2) is 0 Å². The molecule has 5 nitrogen and oxygen atoms in total. The average molecular weight is 287 g/mol. The molecule has 0 fully saturated rings. The van der Waals surface area contributed by atoms with Crippen LogP contribution in [0.15, 0.2) is 29.2 Å². The quantitative estimate of drug-likeness (QED) is 0.844. The minimum atomic E-state index is -0.346. The van der Waals surface area contributed by atoms with Crippen molar-refractivity contribution < 1.29 is 4.79 Å². The van der Waals surface area contributed by atoms with E-state index in [-0.39, 0.29) is 16.9 Å². The summed E-state index contributed by atoms with van der Waals surface area (Å²) in [6, 6.07) is 5.33. The van der Waals surface area contributed by atoms with Crippen LogP contribution in [0.25, 0.3) is 10.9 Å². The molecular weight excluding hydrogens is 266 g/mol. The Hall–Kier alpha value is -2.30. The van der Waals surface area contributed by atoms with Gasteiger partial charge in [-0.2, -0.15) is 0 Å². The zero-order chi connectivity index (χ0) is 15.6. The maximum Gasteiger partial charge on any atom is 0.256 e. The summed E-state index contributed by atoms with van der Waals surface area (Å²) in [5.74, 6) is -0.0195. The third-order valence-electron chi connectivity index (χ3n) is 3.40. The van der Waals surface area contributed by atoms with Gasteiger partial charge >= 0.3 is 0 Å². The largest absolute Gasteiger partial charge is 0.398 e. The number of rotatable bonds is 4. The number of fused-ring (bicyclic) bond motifs is 1. The zero-order valence-electron chi connectivity index (χ0n) is 12.6. The van der Waals surface area contributed by atoms with Crippen molar-refractivity contribution in [3.63, 3.8) is 0 Å². The minimum absolute atomic E-state index is 0.142. The van der Waals surface area contributed by atoms with E-state index in [1.54, 1.807) is 12.3 Å². The molecule has 21 heavy (non-hydrogen) atoms. The van der Waals surface area contributed by atoms with Gasteiger partial charge in [-0.15, -0.1) is 0 Å². The molecule has 0 saturated heterocycles. The lowest BCUT2D eigenvalue weighted by Gasteiger charge is -2.13. The highest BCUT2D eigenvalue weighted by Crippen LogP contribution is 2.18. The lowest BCUT2D eigenvalue weighted by Crippen LogP contribution is -2.32. The predicted molar refractivity (Wildman–Crippen MR) is 85.5 cm³/mol. The van der Waals surface area contributed by atoms with Crippen LogP contribution in [0.1, 0.15) is 31.1 Å². The van der Waals surface area contributed by atoms with E-state index in [1.807, 2.05) is 37.5 Å². The van der Waals surface area contributed by atoms with Crippen molar-refractivity contribution in [2.45, 2.75) is 27.3 Å².